The van der Waals surface area contributed by atoms with Crippen LogP contribution in [0.4, 0.5) is 17.5 Å². The van der Waals surface area contributed by atoms with E-state index in [1.54, 1.807) is 0 Å². The normalized spacial score (nSPS) is 24.8. The molecule has 1 aromatic rings. The number of anilines is 3. The lowest BCUT2D eigenvalue weighted by atomic mass is 10.2. The van der Waals surface area contributed by atoms with E-state index in [1.165, 1.54) is 7.05 Å². The highest BCUT2D eigenvalue weighted by Gasteiger charge is 2.34. The van der Waals surface area contributed by atoms with Gasteiger partial charge in [-0.1, -0.05) is 0 Å². The first-order valence-corrected chi connectivity index (χ1v) is 6.25. The predicted octanol–water partition coefficient (Wildman–Crippen LogP) is -2.18. The minimum atomic E-state index is -0.834. The molecule has 21 heavy (non-hydrogen) atoms. The Kier molecular flexibility index (Phi) is 4.40. The molecule has 10 heteroatoms. The Labute approximate surface area is 119 Å². The van der Waals surface area contributed by atoms with Crippen LogP contribution in [0.5, 0.6) is 0 Å². The van der Waals surface area contributed by atoms with Gasteiger partial charge in [0.1, 0.15) is 12.3 Å². The Hall–Kier alpha value is -2.17. The summed E-state index contributed by atoms with van der Waals surface area (Å²) in [5, 5.41) is 21.5. The monoisotopic (exact) mass is 299 g/mol. The molecule has 0 aromatic carbocycles. The number of ether oxygens (including phenoxy) is 1. The molecule has 0 bridgehead atoms. The van der Waals surface area contributed by atoms with Crippen molar-refractivity contribution in [3.05, 3.63) is 10.4 Å². The van der Waals surface area contributed by atoms with Crippen molar-refractivity contribution in [3.8, 4) is 0 Å². The van der Waals surface area contributed by atoms with Gasteiger partial charge in [0, 0.05) is 13.5 Å². The second-order valence-corrected chi connectivity index (χ2v) is 4.66. The Balaban J connectivity index is 2.27. The lowest BCUT2D eigenvalue weighted by Crippen LogP contribution is -2.30. The summed E-state index contributed by atoms with van der Waals surface area (Å²) < 4.78 is 5.36. The van der Waals surface area contributed by atoms with Crippen LogP contribution < -0.4 is 21.5 Å². The van der Waals surface area contributed by atoms with Crippen molar-refractivity contribution in [1.82, 2.24) is 9.97 Å². The highest BCUT2D eigenvalue weighted by Crippen LogP contribution is 2.25. The number of hydrogen-bond donors (Lipinski definition) is 5. The zero-order valence-electron chi connectivity index (χ0n) is 11.3. The summed E-state index contributed by atoms with van der Waals surface area (Å²) in [7, 11) is 1.39. The number of aromatic nitrogens is 2. The maximum atomic E-state index is 11.9. The maximum absolute atomic E-state index is 11.9. The summed E-state index contributed by atoms with van der Waals surface area (Å²) in [5.74, 6) is -0.0653. The summed E-state index contributed by atoms with van der Waals surface area (Å²) in [4.78, 5) is 30.0. The van der Waals surface area contributed by atoms with E-state index >= 15 is 0 Å². The van der Waals surface area contributed by atoms with Crippen LogP contribution >= 0.6 is 0 Å². The Morgan fingerprint density at radius 1 is 1.67 bits per heavy atom. The van der Waals surface area contributed by atoms with Gasteiger partial charge in [0.15, 0.2) is 11.5 Å². The molecule has 0 spiro atoms. The molecule has 3 atom stereocenters. The molecule has 1 fully saturated rings. The molecule has 0 aliphatic carbocycles. The van der Waals surface area contributed by atoms with Gasteiger partial charge in [0.25, 0.3) is 5.56 Å². The Bertz CT molecular complexity index is 577. The number of amides is 1. The van der Waals surface area contributed by atoms with Crippen molar-refractivity contribution < 1.29 is 19.7 Å². The van der Waals surface area contributed by atoms with Crippen molar-refractivity contribution in [2.75, 3.05) is 29.6 Å². The average molecular weight is 299 g/mol. The van der Waals surface area contributed by atoms with Gasteiger partial charge >= 0.3 is 0 Å². The molecule has 116 valence electrons. The fraction of sp³-hybridized carbons (Fsp3) is 0.545. The standard InChI is InChI=1S/C11H17N5O5/c1-16(4-18)8-9(14-11(12)15-10(8)20)13-7-2-5(19)6(3-17)21-7/h4-7,17,19H,2-3H2,1H3,(H4,12,13,14,15,20)/t5-,6+,7?/m0/s1. The predicted molar refractivity (Wildman–Crippen MR) is 73.7 cm³/mol. The molecule has 1 aliphatic heterocycles. The highest BCUT2D eigenvalue weighted by atomic mass is 16.5. The van der Waals surface area contributed by atoms with Crippen molar-refractivity contribution in [2.45, 2.75) is 24.9 Å². The summed E-state index contributed by atoms with van der Waals surface area (Å²) >= 11 is 0. The second-order valence-electron chi connectivity index (χ2n) is 4.66. The number of rotatable bonds is 5. The molecule has 1 unspecified atom stereocenters. The van der Waals surface area contributed by atoms with Crippen LogP contribution in [-0.4, -0.2) is 58.7 Å². The molecule has 6 N–H and O–H groups in total. The van der Waals surface area contributed by atoms with Crippen LogP contribution in [0.2, 0.25) is 0 Å². The van der Waals surface area contributed by atoms with E-state index in [4.69, 9.17) is 15.6 Å². The SMILES string of the molecule is CN(C=O)c1c(NC2C[C@H](O)[C@@H](CO)O2)nc(N)[nH]c1=O. The van der Waals surface area contributed by atoms with E-state index in [9.17, 15) is 14.7 Å². The van der Waals surface area contributed by atoms with Crippen LogP contribution in [0.1, 0.15) is 6.42 Å². The number of nitrogens with zero attached hydrogens (tertiary/aromatic N) is 2. The van der Waals surface area contributed by atoms with E-state index in [0.29, 0.717) is 6.41 Å². The summed E-state index contributed by atoms with van der Waals surface area (Å²) in [5.41, 5.74) is 4.87. The molecule has 1 aliphatic rings. The minimum absolute atomic E-state index is 0.0234. The van der Waals surface area contributed by atoms with E-state index in [2.05, 4.69) is 15.3 Å². The summed E-state index contributed by atoms with van der Waals surface area (Å²) in [6.07, 6.45) is -1.56. The number of aliphatic hydroxyl groups is 2. The average Bonchev–Trinajstić information content (AvgIpc) is 2.77. The zero-order chi connectivity index (χ0) is 15.6. The van der Waals surface area contributed by atoms with Crippen LogP contribution in [0.15, 0.2) is 4.79 Å². The van der Waals surface area contributed by atoms with Gasteiger partial charge in [-0.25, -0.2) is 0 Å². The number of H-pyrrole nitrogens is 1. The topological polar surface area (TPSA) is 154 Å². The zero-order valence-corrected chi connectivity index (χ0v) is 11.3. The van der Waals surface area contributed by atoms with Crippen molar-refractivity contribution in [2.24, 2.45) is 0 Å². The van der Waals surface area contributed by atoms with Crippen molar-refractivity contribution in [3.63, 3.8) is 0 Å². The van der Waals surface area contributed by atoms with Gasteiger partial charge in [-0.05, 0) is 0 Å². The largest absolute Gasteiger partial charge is 0.394 e. The Morgan fingerprint density at radius 2 is 2.38 bits per heavy atom. The third-order valence-corrected chi connectivity index (χ3v) is 3.13. The van der Waals surface area contributed by atoms with E-state index < -0.39 is 24.0 Å². The lowest BCUT2D eigenvalue weighted by Gasteiger charge is -2.19. The fourth-order valence-corrected chi connectivity index (χ4v) is 2.10. The van der Waals surface area contributed by atoms with Crippen LogP contribution in [-0.2, 0) is 9.53 Å². The number of carbonyl (C=O) groups is 1. The lowest BCUT2D eigenvalue weighted by molar-refractivity contribution is -0.107. The third kappa shape index (κ3) is 3.12. The number of hydrogen-bond acceptors (Lipinski definition) is 8. The number of nitrogen functional groups attached to an aromatic ring is 1. The highest BCUT2D eigenvalue weighted by molar-refractivity contribution is 5.80. The van der Waals surface area contributed by atoms with E-state index in [-0.39, 0.29) is 30.5 Å². The molecule has 2 heterocycles. The van der Waals surface area contributed by atoms with Crippen molar-refractivity contribution >= 4 is 23.9 Å². The molecule has 0 radical (unpaired) electrons. The Morgan fingerprint density at radius 3 is 2.95 bits per heavy atom. The molecular formula is C11H17N5O5. The molecule has 2 rings (SSSR count). The first kappa shape index (κ1) is 15.2. The van der Waals surface area contributed by atoms with Gasteiger partial charge in [0.2, 0.25) is 12.4 Å². The first-order chi connectivity index (χ1) is 9.96. The number of aromatic amines is 1. The van der Waals surface area contributed by atoms with Crippen molar-refractivity contribution in [1.29, 1.82) is 0 Å². The molecule has 1 aromatic heterocycles. The number of nitrogens with one attached hydrogen (secondary N) is 2. The van der Waals surface area contributed by atoms with Gasteiger partial charge in [0.05, 0.1) is 12.7 Å². The fourth-order valence-electron chi connectivity index (χ4n) is 2.10. The van der Waals surface area contributed by atoms with Gasteiger partial charge < -0.3 is 30.9 Å². The minimum Gasteiger partial charge on any atom is -0.394 e. The molecule has 0 saturated carbocycles. The molecule has 1 saturated heterocycles. The van der Waals surface area contributed by atoms with Gasteiger partial charge in [-0.15, -0.1) is 0 Å². The second kappa shape index (κ2) is 6.08. The third-order valence-electron chi connectivity index (χ3n) is 3.13. The molecular weight excluding hydrogens is 282 g/mol. The van der Waals surface area contributed by atoms with E-state index in [0.717, 1.165) is 4.90 Å². The van der Waals surface area contributed by atoms with Gasteiger partial charge in [-0.3, -0.25) is 14.6 Å². The summed E-state index contributed by atoms with van der Waals surface area (Å²) in [6.45, 7) is -0.328. The van der Waals surface area contributed by atoms with Crippen LogP contribution in [0, 0.1) is 0 Å². The van der Waals surface area contributed by atoms with E-state index in [1.807, 2.05) is 0 Å². The van der Waals surface area contributed by atoms with Crippen LogP contribution in [0.3, 0.4) is 0 Å². The molecule has 1 amide bonds. The van der Waals surface area contributed by atoms with Crippen LogP contribution in [0.25, 0.3) is 0 Å². The summed E-state index contributed by atoms with van der Waals surface area (Å²) in [6, 6.07) is 0. The smallest absolute Gasteiger partial charge is 0.278 e. The number of aliphatic hydroxyl groups excluding tert-OH is 2. The molecule has 10 nitrogen and oxygen atoms in total. The maximum Gasteiger partial charge on any atom is 0.278 e. The quantitative estimate of drug-likeness (QED) is 0.385. The van der Waals surface area contributed by atoms with Gasteiger partial charge in [-0.2, -0.15) is 4.98 Å². The first-order valence-electron chi connectivity index (χ1n) is 6.25. The number of nitrogens with two attached hydrogens (primary N) is 1. The number of carbonyl (C=O) groups excluding carboxylic acids is 1.